The summed E-state index contributed by atoms with van der Waals surface area (Å²) in [5.41, 5.74) is -4.86. The minimum absolute atomic E-state index is 0.00552. The highest BCUT2D eigenvalue weighted by Crippen LogP contribution is 2.40. The lowest BCUT2D eigenvalue weighted by molar-refractivity contribution is -0.321. The third-order valence-corrected chi connectivity index (χ3v) is 12.3. The first-order valence-electron chi connectivity index (χ1n) is 19.3. The Balaban J connectivity index is 2.21. The number of aliphatic hydroxyl groups excluding tert-OH is 4. The highest BCUT2D eigenvalue weighted by molar-refractivity contribution is 5.73. The van der Waals surface area contributed by atoms with Crippen LogP contribution in [0.1, 0.15) is 88.0 Å². The molecule has 3 rings (SSSR count). The number of esters is 1. The van der Waals surface area contributed by atoms with Crippen LogP contribution in [0.25, 0.3) is 0 Å². The van der Waals surface area contributed by atoms with Gasteiger partial charge in [-0.3, -0.25) is 4.79 Å². The Morgan fingerprint density at radius 2 is 1.58 bits per heavy atom. The summed E-state index contributed by atoms with van der Waals surface area (Å²) in [6, 6.07) is -0.933. The fraction of sp³-hybridized carbons (Fsp3) is 0.974. The molecular weight excluding hydrogens is 692 g/mol. The fourth-order valence-corrected chi connectivity index (χ4v) is 8.69. The van der Waals surface area contributed by atoms with E-state index in [1.54, 1.807) is 48.6 Å². The van der Waals surface area contributed by atoms with Crippen molar-refractivity contribution in [2.24, 2.45) is 17.8 Å². The largest absolute Gasteiger partial charge is 0.459 e. The highest BCUT2D eigenvalue weighted by Gasteiger charge is 2.53. The number of hydrogen-bond acceptors (Lipinski definition) is 15. The van der Waals surface area contributed by atoms with Crippen molar-refractivity contribution in [3.8, 4) is 0 Å². The van der Waals surface area contributed by atoms with Gasteiger partial charge in [0.25, 0.3) is 0 Å². The Kier molecular flexibility index (Phi) is 16.2. The molecule has 3 aliphatic heterocycles. The monoisotopic (exact) mass is 765 g/mol. The molecule has 312 valence electrons. The molecule has 0 saturated carbocycles. The van der Waals surface area contributed by atoms with Gasteiger partial charge >= 0.3 is 5.97 Å². The first-order valence-corrected chi connectivity index (χ1v) is 19.3. The summed E-state index contributed by atoms with van der Waals surface area (Å²) in [6.07, 6.45) is -9.37. The summed E-state index contributed by atoms with van der Waals surface area (Å²) in [6.45, 7) is 15.1. The average molecular weight is 765 g/mol. The van der Waals surface area contributed by atoms with Crippen molar-refractivity contribution >= 4 is 5.97 Å². The van der Waals surface area contributed by atoms with E-state index in [1.807, 2.05) is 37.7 Å². The van der Waals surface area contributed by atoms with Crippen LogP contribution in [0.15, 0.2) is 0 Å². The Morgan fingerprint density at radius 1 is 0.962 bits per heavy atom. The van der Waals surface area contributed by atoms with Gasteiger partial charge in [-0.15, -0.1) is 0 Å². The van der Waals surface area contributed by atoms with Gasteiger partial charge < -0.3 is 68.9 Å². The van der Waals surface area contributed by atoms with Crippen LogP contribution in [-0.2, 0) is 33.2 Å². The molecule has 15 heteroatoms. The molecule has 0 bridgehead atoms. The van der Waals surface area contributed by atoms with E-state index < -0.39 is 103 Å². The smallest absolute Gasteiger partial charge is 0.311 e. The topological polar surface area (TPSA) is 200 Å². The molecule has 0 aromatic rings. The number of methoxy groups -OCH3 is 1. The number of hydrogen-bond donors (Lipinski definition) is 6. The van der Waals surface area contributed by atoms with Crippen LogP contribution in [0, 0.1) is 17.8 Å². The quantitative estimate of drug-likeness (QED) is 0.190. The van der Waals surface area contributed by atoms with Gasteiger partial charge in [-0.2, -0.15) is 0 Å². The molecule has 15 nitrogen and oxygen atoms in total. The van der Waals surface area contributed by atoms with Crippen LogP contribution >= 0.6 is 0 Å². The Hall–Kier alpha value is -1.05. The van der Waals surface area contributed by atoms with Crippen LogP contribution in [-0.4, -0.2) is 178 Å². The van der Waals surface area contributed by atoms with Crippen molar-refractivity contribution < 1.29 is 63.9 Å². The number of nitrogens with zero attached hydrogens (tertiary/aromatic N) is 2. The molecule has 0 aliphatic carbocycles. The van der Waals surface area contributed by atoms with E-state index in [-0.39, 0.29) is 37.3 Å². The number of ether oxygens (including phenoxy) is 6. The van der Waals surface area contributed by atoms with Crippen LogP contribution in [0.2, 0.25) is 0 Å². The normalized spacial score (nSPS) is 48.9. The van der Waals surface area contributed by atoms with Crippen molar-refractivity contribution in [1.82, 2.24) is 9.80 Å². The van der Waals surface area contributed by atoms with E-state index in [9.17, 15) is 35.4 Å². The molecule has 0 spiro atoms. The number of likely N-dealkylation sites (N-methyl/N-ethyl adjacent to an activating group) is 2. The molecular formula is C38H72N2O13. The molecule has 0 aromatic carbocycles. The van der Waals surface area contributed by atoms with Gasteiger partial charge in [-0.05, 0) is 87.9 Å². The molecule has 18 atom stereocenters. The van der Waals surface area contributed by atoms with E-state index in [4.69, 9.17) is 28.4 Å². The summed E-state index contributed by atoms with van der Waals surface area (Å²) in [5.74, 6) is -3.03. The minimum atomic E-state index is -1.96. The molecule has 0 aromatic heterocycles. The lowest BCUT2D eigenvalue weighted by atomic mass is 9.77. The van der Waals surface area contributed by atoms with Gasteiger partial charge in [0.15, 0.2) is 12.6 Å². The zero-order chi connectivity index (χ0) is 40.4. The SMILES string of the molecule is CC[C@H]1OC(=O)[C@H](C)[C@@H](O[C@H]2C[C@@](C)(OC)[C@@H](O)[C@H](C)O2)[C@H](C)[C@@H](O[C@@H]2O[C@H](C)C[C@H](N(C)C)[C@H]2O)[C@@](O)(CO)C[C@@H](C)CN(C)[C@H](C)[C@@H](O)[C@]1(C)O. The van der Waals surface area contributed by atoms with E-state index >= 15 is 0 Å². The van der Waals surface area contributed by atoms with E-state index in [0.717, 1.165) is 0 Å². The molecule has 0 radical (unpaired) electrons. The third-order valence-electron chi connectivity index (χ3n) is 12.3. The Labute approximate surface area is 316 Å². The first kappa shape index (κ1) is 46.3. The van der Waals surface area contributed by atoms with Crippen LogP contribution < -0.4 is 0 Å². The lowest BCUT2D eigenvalue weighted by Crippen LogP contribution is -2.62. The predicted octanol–water partition coefficient (Wildman–Crippen LogP) is 0.873. The van der Waals surface area contributed by atoms with Gasteiger partial charge in [-0.1, -0.05) is 20.8 Å². The van der Waals surface area contributed by atoms with E-state index in [2.05, 4.69) is 0 Å². The van der Waals surface area contributed by atoms with E-state index in [0.29, 0.717) is 13.0 Å². The van der Waals surface area contributed by atoms with Gasteiger partial charge in [0, 0.05) is 38.1 Å². The van der Waals surface area contributed by atoms with Crippen molar-refractivity contribution in [3.05, 3.63) is 0 Å². The maximum Gasteiger partial charge on any atom is 0.311 e. The van der Waals surface area contributed by atoms with E-state index in [1.165, 1.54) is 14.0 Å². The number of carbonyl (C=O) groups is 1. The zero-order valence-corrected chi connectivity index (χ0v) is 34.3. The minimum Gasteiger partial charge on any atom is -0.459 e. The van der Waals surface area contributed by atoms with Gasteiger partial charge in [-0.25, -0.2) is 0 Å². The number of carbonyl (C=O) groups excluding carboxylic acids is 1. The van der Waals surface area contributed by atoms with Gasteiger partial charge in [0.2, 0.25) is 0 Å². The fourth-order valence-electron chi connectivity index (χ4n) is 8.69. The molecule has 3 aliphatic rings. The van der Waals surface area contributed by atoms with Crippen molar-refractivity contribution in [3.63, 3.8) is 0 Å². The van der Waals surface area contributed by atoms with Gasteiger partial charge in [0.1, 0.15) is 35.6 Å². The molecule has 0 unspecified atom stereocenters. The van der Waals surface area contributed by atoms with Crippen LogP contribution in [0.5, 0.6) is 0 Å². The molecule has 3 fully saturated rings. The Bertz CT molecular complexity index is 1170. The number of aliphatic hydroxyl groups is 6. The maximum atomic E-state index is 14.2. The summed E-state index contributed by atoms with van der Waals surface area (Å²) < 4.78 is 37.3. The van der Waals surface area contributed by atoms with Crippen molar-refractivity contribution in [2.75, 3.05) is 41.4 Å². The predicted molar refractivity (Wildman–Crippen MR) is 196 cm³/mol. The zero-order valence-electron chi connectivity index (χ0n) is 34.3. The van der Waals surface area contributed by atoms with Gasteiger partial charge in [0.05, 0.1) is 42.5 Å². The maximum absolute atomic E-state index is 14.2. The summed E-state index contributed by atoms with van der Waals surface area (Å²) in [7, 11) is 6.98. The number of rotatable bonds is 8. The standard InChI is InChI=1S/C38H72N2O13/c1-14-27-37(9,46)31(43)24(6)40(12)18-20(2)16-38(47,19-41)33(53-35-29(42)26(39(10)11)15-21(3)49-35)22(4)30(23(5)34(45)51-27)52-28-17-36(8,48-13)32(44)25(7)50-28/h20-33,35,41-44,46-47H,14-19H2,1-13H3/t20-,21-,22+,23-,24-,25+,26+,27-,28+,29-,30+,31-,32+,33-,35+,36-,37-,38+/m1/s1. The Morgan fingerprint density at radius 3 is 2.13 bits per heavy atom. The van der Waals surface area contributed by atoms with Crippen molar-refractivity contribution in [2.45, 2.75) is 178 Å². The highest BCUT2D eigenvalue weighted by atomic mass is 16.7. The van der Waals surface area contributed by atoms with Crippen LogP contribution in [0.4, 0.5) is 0 Å². The number of cyclic esters (lactones) is 1. The summed E-state index contributed by atoms with van der Waals surface area (Å²) in [5, 5.41) is 69.3. The summed E-state index contributed by atoms with van der Waals surface area (Å²) in [4.78, 5) is 18.0. The second kappa shape index (κ2) is 18.5. The lowest BCUT2D eigenvalue weighted by Gasteiger charge is -2.49. The summed E-state index contributed by atoms with van der Waals surface area (Å²) >= 11 is 0. The molecule has 3 heterocycles. The second-order valence-corrected chi connectivity index (χ2v) is 17.1. The van der Waals surface area contributed by atoms with Crippen LogP contribution in [0.3, 0.4) is 0 Å². The molecule has 6 N–H and O–H groups in total. The second-order valence-electron chi connectivity index (χ2n) is 17.1. The first-order chi connectivity index (χ1) is 24.5. The molecule has 0 amide bonds. The van der Waals surface area contributed by atoms with Crippen molar-refractivity contribution in [1.29, 1.82) is 0 Å². The average Bonchev–Trinajstić information content (AvgIpc) is 3.09. The molecule has 3 saturated heterocycles. The molecule has 53 heavy (non-hydrogen) atoms. The third kappa shape index (κ3) is 10.3.